The summed E-state index contributed by atoms with van der Waals surface area (Å²) in [5.41, 5.74) is -7.13. The topological polar surface area (TPSA) is 103 Å². The maximum Gasteiger partial charge on any atom is 0.423 e. The Bertz CT molecular complexity index is 628. The predicted molar refractivity (Wildman–Crippen MR) is 103 cm³/mol. The maximum atomic E-state index is 14.5. The second-order valence-electron chi connectivity index (χ2n) is 7.58. The van der Waals surface area contributed by atoms with Crippen molar-refractivity contribution in [2.75, 3.05) is 41.0 Å². The summed E-state index contributed by atoms with van der Waals surface area (Å²) in [5, 5.41) is 1.59. The fourth-order valence-corrected chi connectivity index (χ4v) is 5.14. The van der Waals surface area contributed by atoms with Crippen molar-refractivity contribution in [3.8, 4) is 0 Å². The van der Waals surface area contributed by atoms with Gasteiger partial charge in [0.2, 0.25) is 0 Å². The molecule has 0 aromatic rings. The lowest BCUT2D eigenvalue weighted by atomic mass is 9.93. The van der Waals surface area contributed by atoms with Gasteiger partial charge in [-0.1, -0.05) is 0 Å². The minimum atomic E-state index is -5.44. The van der Waals surface area contributed by atoms with Gasteiger partial charge in [0.1, 0.15) is 11.3 Å². The van der Waals surface area contributed by atoms with Gasteiger partial charge in [0.25, 0.3) is 5.54 Å². The molecule has 2 atom stereocenters. The van der Waals surface area contributed by atoms with Crippen molar-refractivity contribution in [1.82, 2.24) is 10.2 Å². The normalized spacial score (nSPS) is 16.0. The van der Waals surface area contributed by atoms with Gasteiger partial charge in [-0.15, -0.1) is 0 Å². The number of esters is 1. The molecule has 1 N–H and O–H groups in total. The lowest BCUT2D eigenvalue weighted by Gasteiger charge is -2.42. The summed E-state index contributed by atoms with van der Waals surface area (Å²) in [5.74, 6) is -1.88. The molecule has 13 heteroatoms. The number of hydrogen-bond donors (Lipinski definition) is 1. The van der Waals surface area contributed by atoms with Crippen LogP contribution in [-0.4, -0.2) is 80.9 Å². The van der Waals surface area contributed by atoms with Crippen LogP contribution in [0.3, 0.4) is 0 Å². The fraction of sp³-hybridized carbons (Fsp3) is 0.882. The largest absolute Gasteiger partial charge is 0.467 e. The number of carbonyl (C=O) groups excluding carboxylic acids is 2. The maximum absolute atomic E-state index is 14.5. The molecule has 0 aliphatic heterocycles. The summed E-state index contributed by atoms with van der Waals surface area (Å²) in [6.07, 6.45) is -6.99. The number of alkyl carbamates (subject to hydrolysis) is 1. The van der Waals surface area contributed by atoms with Crippen LogP contribution < -0.4 is 5.32 Å². The van der Waals surface area contributed by atoms with Crippen molar-refractivity contribution in [3.05, 3.63) is 0 Å². The molecule has 9 nitrogen and oxygen atoms in total. The average molecular weight is 464 g/mol. The highest BCUT2D eigenvalue weighted by molar-refractivity contribution is 7.54. The highest BCUT2D eigenvalue weighted by atomic mass is 31.2. The Balaban J connectivity index is 6.92. The first kappa shape index (κ1) is 28.6. The number of carbonyl (C=O) groups is 2. The molecule has 0 fully saturated rings. The molecule has 0 aliphatic rings. The molecule has 0 saturated carbocycles. The fourth-order valence-electron chi connectivity index (χ4n) is 2.67. The zero-order chi connectivity index (χ0) is 24.0. The smallest absolute Gasteiger partial charge is 0.423 e. The number of ether oxygens (including phenoxy) is 2. The molecule has 0 aromatic heterocycles. The van der Waals surface area contributed by atoms with E-state index in [2.05, 4.69) is 4.74 Å². The van der Waals surface area contributed by atoms with E-state index in [0.717, 1.165) is 7.11 Å². The van der Waals surface area contributed by atoms with Crippen LogP contribution in [0.1, 0.15) is 34.6 Å². The average Bonchev–Trinajstić information content (AvgIpc) is 2.54. The summed E-state index contributed by atoms with van der Waals surface area (Å²) < 4.78 is 76.5. The van der Waals surface area contributed by atoms with Crippen LogP contribution >= 0.6 is 7.60 Å². The van der Waals surface area contributed by atoms with E-state index in [9.17, 15) is 27.3 Å². The van der Waals surface area contributed by atoms with E-state index >= 15 is 0 Å². The van der Waals surface area contributed by atoms with Crippen LogP contribution in [0.25, 0.3) is 0 Å². The molecule has 1 amide bonds. The lowest BCUT2D eigenvalue weighted by Crippen LogP contribution is -2.72. The van der Waals surface area contributed by atoms with Crippen molar-refractivity contribution in [3.63, 3.8) is 0 Å². The van der Waals surface area contributed by atoms with Crippen molar-refractivity contribution < 1.29 is 45.8 Å². The minimum absolute atomic E-state index is 0.261. The number of nitrogens with one attached hydrogen (secondary N) is 1. The van der Waals surface area contributed by atoms with E-state index in [4.69, 9.17) is 13.8 Å². The van der Waals surface area contributed by atoms with Crippen LogP contribution in [0.15, 0.2) is 0 Å². The first-order valence-corrected chi connectivity index (χ1v) is 10.8. The Kier molecular flexibility index (Phi) is 10.3. The number of amides is 1. The zero-order valence-corrected chi connectivity index (χ0v) is 19.5. The molecular weight excluding hydrogens is 432 g/mol. The van der Waals surface area contributed by atoms with Crippen molar-refractivity contribution in [2.45, 2.75) is 57.6 Å². The van der Waals surface area contributed by atoms with Crippen molar-refractivity contribution in [1.29, 1.82) is 0 Å². The molecular formula is C17H32F3N2O7P. The second-order valence-corrected chi connectivity index (χ2v) is 9.80. The molecule has 0 heterocycles. The first-order chi connectivity index (χ1) is 13.5. The second kappa shape index (κ2) is 10.8. The number of rotatable bonds is 10. The van der Waals surface area contributed by atoms with Crippen LogP contribution in [0.5, 0.6) is 0 Å². The molecule has 0 aromatic carbocycles. The van der Waals surface area contributed by atoms with Crippen LogP contribution in [0.2, 0.25) is 0 Å². The van der Waals surface area contributed by atoms with Crippen molar-refractivity contribution >= 4 is 19.7 Å². The van der Waals surface area contributed by atoms with Crippen molar-refractivity contribution in [2.24, 2.45) is 0 Å². The van der Waals surface area contributed by atoms with E-state index in [1.165, 1.54) is 53.6 Å². The van der Waals surface area contributed by atoms with E-state index < -0.39 is 49.2 Å². The minimum Gasteiger partial charge on any atom is -0.467 e. The standard InChI is InChI=1S/C17H32F3N2O7P/c1-9-27-30(25,28-10-2)12(11-22(6)7)16(13(23)26-8,17(18,19)20)21-14(24)29-15(3,4)5/h12H,9-11H2,1-8H3,(H,21,24). The number of methoxy groups -OCH3 is 1. The van der Waals surface area contributed by atoms with Gasteiger partial charge in [-0.05, 0) is 48.7 Å². The summed E-state index contributed by atoms with van der Waals surface area (Å²) in [7, 11) is -1.08. The summed E-state index contributed by atoms with van der Waals surface area (Å²) in [4.78, 5) is 26.2. The number of alkyl halides is 3. The highest BCUT2D eigenvalue weighted by Gasteiger charge is 2.72. The Morgan fingerprint density at radius 2 is 1.53 bits per heavy atom. The van der Waals surface area contributed by atoms with Gasteiger partial charge in [-0.2, -0.15) is 13.2 Å². The zero-order valence-electron chi connectivity index (χ0n) is 18.6. The quantitative estimate of drug-likeness (QED) is 0.389. The Morgan fingerprint density at radius 3 is 1.83 bits per heavy atom. The van der Waals surface area contributed by atoms with E-state index in [-0.39, 0.29) is 13.2 Å². The van der Waals surface area contributed by atoms with Crippen LogP contribution in [0, 0.1) is 0 Å². The van der Waals surface area contributed by atoms with Crippen LogP contribution in [-0.2, 0) is 27.9 Å². The van der Waals surface area contributed by atoms with Gasteiger partial charge in [-0.25, -0.2) is 9.59 Å². The van der Waals surface area contributed by atoms with Crippen LogP contribution in [0.4, 0.5) is 18.0 Å². The van der Waals surface area contributed by atoms with Gasteiger partial charge in [0.05, 0.1) is 20.3 Å². The number of hydrogen-bond acceptors (Lipinski definition) is 8. The van der Waals surface area contributed by atoms with Gasteiger partial charge in [-0.3, -0.25) is 9.88 Å². The van der Waals surface area contributed by atoms with E-state index in [1.54, 1.807) is 5.32 Å². The molecule has 0 radical (unpaired) electrons. The Morgan fingerprint density at radius 1 is 1.07 bits per heavy atom. The van der Waals surface area contributed by atoms with Gasteiger partial charge < -0.3 is 23.4 Å². The number of nitrogens with zero attached hydrogens (tertiary/aromatic N) is 1. The van der Waals surface area contributed by atoms with Gasteiger partial charge >= 0.3 is 25.8 Å². The Labute approximate surface area is 175 Å². The molecule has 178 valence electrons. The first-order valence-electron chi connectivity index (χ1n) is 9.20. The molecule has 0 bridgehead atoms. The molecule has 2 unspecified atom stereocenters. The van der Waals surface area contributed by atoms with Gasteiger partial charge in [0.15, 0.2) is 0 Å². The third-order valence-electron chi connectivity index (χ3n) is 3.69. The predicted octanol–water partition coefficient (Wildman–Crippen LogP) is 3.18. The molecule has 0 rings (SSSR count). The van der Waals surface area contributed by atoms with E-state index in [1.807, 2.05) is 0 Å². The number of halogens is 3. The lowest BCUT2D eigenvalue weighted by molar-refractivity contribution is -0.213. The van der Waals surface area contributed by atoms with E-state index in [0.29, 0.717) is 0 Å². The molecule has 0 aliphatic carbocycles. The third-order valence-corrected chi connectivity index (χ3v) is 6.24. The summed E-state index contributed by atoms with van der Waals surface area (Å²) in [6.45, 7) is 6.00. The highest BCUT2D eigenvalue weighted by Crippen LogP contribution is 2.59. The summed E-state index contributed by atoms with van der Waals surface area (Å²) >= 11 is 0. The monoisotopic (exact) mass is 464 g/mol. The molecule has 30 heavy (non-hydrogen) atoms. The molecule has 0 spiro atoms. The summed E-state index contributed by atoms with van der Waals surface area (Å²) in [6, 6.07) is 0. The van der Waals surface area contributed by atoms with Gasteiger partial charge in [0, 0.05) is 6.54 Å². The SMILES string of the molecule is CCOP(=O)(OCC)C(CN(C)C)C(NC(=O)OC(C)(C)C)(C(=O)OC)C(F)(F)F. The third kappa shape index (κ3) is 7.11. The Hall–Kier alpha value is -1.36. The molecule has 0 saturated heterocycles.